The Morgan fingerprint density at radius 3 is 1.94 bits per heavy atom. The number of likely N-dealkylation sites (tertiary alicyclic amines) is 1. The number of hydrogen-bond donors (Lipinski definition) is 1. The largest absolute Gasteiger partial charge is 0.359 e. The number of carbonyl (C=O) groups excluding carboxylic acids is 1. The number of nitrogens with zero attached hydrogens (tertiary/aromatic N) is 2. The summed E-state index contributed by atoms with van der Waals surface area (Å²) in [5.74, 6) is -0.0439. The van der Waals surface area contributed by atoms with Gasteiger partial charge in [-0.3, -0.25) is 4.79 Å². The number of ketones is 1. The zero-order chi connectivity index (χ0) is 14.4. The molecule has 1 rings (SSSR count). The maximum absolute atomic E-state index is 11.6. The fourth-order valence-electron chi connectivity index (χ4n) is 3.55. The molecule has 1 fully saturated rings. The first-order valence-electron chi connectivity index (χ1n) is 6.15. The predicted molar refractivity (Wildman–Crippen MR) is 71.6 cm³/mol. The van der Waals surface area contributed by atoms with E-state index in [4.69, 9.17) is 5.73 Å². The standard InChI is InChI=1S/C14H23N3O/c1-10(11(2)18)17-12(3,4)7-14(16,9-15)8-13(17,5)6/h1,7-8,16H2,2-6H3. The SMILES string of the molecule is C=C(C(C)=O)N1C(C)(C)CC(N)(C#N)CC1(C)C. The molecule has 0 radical (unpaired) electrons. The van der Waals surface area contributed by atoms with Crippen molar-refractivity contribution in [3.63, 3.8) is 0 Å². The third kappa shape index (κ3) is 2.41. The highest BCUT2D eigenvalue weighted by molar-refractivity contribution is 5.92. The average Bonchev–Trinajstić information content (AvgIpc) is 2.12. The Hall–Kier alpha value is -1.34. The van der Waals surface area contributed by atoms with Crippen LogP contribution in [0, 0.1) is 11.3 Å². The number of hydrogen-bond acceptors (Lipinski definition) is 4. The molecule has 0 aromatic carbocycles. The van der Waals surface area contributed by atoms with Gasteiger partial charge in [0, 0.05) is 30.8 Å². The second kappa shape index (κ2) is 4.10. The van der Waals surface area contributed by atoms with E-state index in [2.05, 4.69) is 12.6 Å². The molecule has 1 aliphatic rings. The lowest BCUT2D eigenvalue weighted by molar-refractivity contribution is -0.119. The first-order chi connectivity index (χ1) is 7.95. The van der Waals surface area contributed by atoms with Gasteiger partial charge in [0.15, 0.2) is 5.78 Å². The number of nitriles is 1. The Morgan fingerprint density at radius 2 is 1.67 bits per heavy atom. The molecule has 4 heteroatoms. The minimum Gasteiger partial charge on any atom is -0.359 e. The van der Waals surface area contributed by atoms with Crippen LogP contribution in [0.1, 0.15) is 47.5 Å². The Balaban J connectivity index is 3.25. The summed E-state index contributed by atoms with van der Waals surface area (Å²) in [7, 11) is 0. The van der Waals surface area contributed by atoms with Crippen molar-refractivity contribution in [2.45, 2.75) is 64.1 Å². The van der Waals surface area contributed by atoms with E-state index in [1.54, 1.807) is 0 Å². The molecule has 0 atom stereocenters. The lowest BCUT2D eigenvalue weighted by Gasteiger charge is -2.58. The van der Waals surface area contributed by atoms with E-state index in [1.807, 2.05) is 32.6 Å². The molecule has 1 heterocycles. The van der Waals surface area contributed by atoms with Crippen molar-refractivity contribution in [3.05, 3.63) is 12.3 Å². The van der Waals surface area contributed by atoms with Crippen molar-refractivity contribution in [1.29, 1.82) is 5.26 Å². The van der Waals surface area contributed by atoms with E-state index >= 15 is 0 Å². The number of rotatable bonds is 2. The lowest BCUT2D eigenvalue weighted by atomic mass is 9.69. The quantitative estimate of drug-likeness (QED) is 0.759. The maximum Gasteiger partial charge on any atom is 0.175 e. The highest BCUT2D eigenvalue weighted by Gasteiger charge is 2.51. The van der Waals surface area contributed by atoms with Crippen LogP contribution in [0.5, 0.6) is 0 Å². The summed E-state index contributed by atoms with van der Waals surface area (Å²) in [6.07, 6.45) is 1.04. The van der Waals surface area contributed by atoms with Gasteiger partial charge in [-0.25, -0.2) is 0 Å². The third-order valence-corrected chi connectivity index (χ3v) is 3.61. The highest BCUT2D eigenvalue weighted by Crippen LogP contribution is 2.44. The van der Waals surface area contributed by atoms with Gasteiger partial charge >= 0.3 is 0 Å². The first kappa shape index (κ1) is 14.7. The molecule has 1 saturated heterocycles. The van der Waals surface area contributed by atoms with Crippen molar-refractivity contribution in [3.8, 4) is 6.07 Å². The molecular weight excluding hydrogens is 226 g/mol. The first-order valence-corrected chi connectivity index (χ1v) is 6.15. The number of Topliss-reactive ketones (excluding diaryl/α,β-unsaturated/α-hetero) is 1. The molecule has 0 unspecified atom stereocenters. The van der Waals surface area contributed by atoms with Crippen LogP contribution in [0.15, 0.2) is 12.3 Å². The van der Waals surface area contributed by atoms with Gasteiger partial charge in [-0.2, -0.15) is 5.26 Å². The number of allylic oxidation sites excluding steroid dienone is 1. The third-order valence-electron chi connectivity index (χ3n) is 3.61. The van der Waals surface area contributed by atoms with Gasteiger partial charge in [0.25, 0.3) is 0 Å². The fourth-order valence-corrected chi connectivity index (χ4v) is 3.55. The summed E-state index contributed by atoms with van der Waals surface area (Å²) in [4.78, 5) is 13.6. The van der Waals surface area contributed by atoms with Crippen LogP contribution >= 0.6 is 0 Å². The number of nitrogens with two attached hydrogens (primary N) is 1. The summed E-state index contributed by atoms with van der Waals surface area (Å²) in [6.45, 7) is 13.4. The molecule has 1 aliphatic heterocycles. The molecular formula is C14H23N3O. The smallest absolute Gasteiger partial charge is 0.175 e. The van der Waals surface area contributed by atoms with Crippen molar-refractivity contribution in [1.82, 2.24) is 4.90 Å². The van der Waals surface area contributed by atoms with Gasteiger partial charge in [0.2, 0.25) is 0 Å². The van der Waals surface area contributed by atoms with Crippen LogP contribution in [0.2, 0.25) is 0 Å². The summed E-state index contributed by atoms with van der Waals surface area (Å²) >= 11 is 0. The van der Waals surface area contributed by atoms with Crippen molar-refractivity contribution in [2.75, 3.05) is 0 Å². The van der Waals surface area contributed by atoms with Crippen molar-refractivity contribution >= 4 is 5.78 Å². The predicted octanol–water partition coefficient (Wildman–Crippen LogP) is 1.96. The van der Waals surface area contributed by atoms with Gasteiger partial charge in [-0.1, -0.05) is 6.58 Å². The Bertz CT molecular complexity index is 411. The van der Waals surface area contributed by atoms with Crippen LogP contribution in [-0.4, -0.2) is 27.3 Å². The number of piperidine rings is 1. The molecule has 0 bridgehead atoms. The minimum atomic E-state index is -0.847. The Labute approximate surface area is 109 Å². The zero-order valence-electron chi connectivity index (χ0n) is 12.0. The van der Waals surface area contributed by atoms with Crippen LogP contribution < -0.4 is 5.73 Å². The van der Waals surface area contributed by atoms with Crippen molar-refractivity contribution in [2.24, 2.45) is 5.73 Å². The van der Waals surface area contributed by atoms with E-state index in [1.165, 1.54) is 6.92 Å². The minimum absolute atomic E-state index is 0.0439. The summed E-state index contributed by atoms with van der Waals surface area (Å²) < 4.78 is 0. The second-order valence-electron chi connectivity index (χ2n) is 6.58. The van der Waals surface area contributed by atoms with Gasteiger partial charge in [0.1, 0.15) is 5.54 Å². The second-order valence-corrected chi connectivity index (χ2v) is 6.58. The molecule has 4 nitrogen and oxygen atoms in total. The summed E-state index contributed by atoms with van der Waals surface area (Å²) in [5, 5.41) is 9.27. The normalized spacial score (nSPS) is 24.2. The monoisotopic (exact) mass is 249 g/mol. The van der Waals surface area contributed by atoms with E-state index in [0.717, 1.165) is 0 Å². The fraction of sp³-hybridized carbons (Fsp3) is 0.714. The van der Waals surface area contributed by atoms with E-state index in [-0.39, 0.29) is 16.9 Å². The van der Waals surface area contributed by atoms with Crippen LogP contribution in [-0.2, 0) is 4.79 Å². The van der Waals surface area contributed by atoms with Gasteiger partial charge in [0.05, 0.1) is 11.8 Å². The molecule has 0 amide bonds. The summed E-state index contributed by atoms with van der Waals surface area (Å²) in [5.41, 5.74) is 5.06. The maximum atomic E-state index is 11.6. The molecule has 18 heavy (non-hydrogen) atoms. The summed E-state index contributed by atoms with van der Waals surface area (Å²) in [6, 6.07) is 2.22. The van der Waals surface area contributed by atoms with Gasteiger partial charge in [-0.05, 0) is 27.7 Å². The zero-order valence-corrected chi connectivity index (χ0v) is 12.0. The lowest BCUT2D eigenvalue weighted by Crippen LogP contribution is -2.67. The average molecular weight is 249 g/mol. The molecule has 2 N–H and O–H groups in total. The van der Waals surface area contributed by atoms with Crippen LogP contribution in [0.3, 0.4) is 0 Å². The molecule has 0 spiro atoms. The molecule has 0 aliphatic carbocycles. The molecule has 0 saturated carbocycles. The number of carbonyl (C=O) groups is 1. The Kier molecular flexibility index (Phi) is 3.35. The Morgan fingerprint density at radius 1 is 1.28 bits per heavy atom. The van der Waals surface area contributed by atoms with Crippen LogP contribution in [0.4, 0.5) is 0 Å². The van der Waals surface area contributed by atoms with E-state index in [9.17, 15) is 10.1 Å². The van der Waals surface area contributed by atoms with Crippen molar-refractivity contribution < 1.29 is 4.79 Å². The van der Waals surface area contributed by atoms with E-state index < -0.39 is 5.54 Å². The topological polar surface area (TPSA) is 70.1 Å². The molecule has 0 aromatic rings. The van der Waals surface area contributed by atoms with Gasteiger partial charge < -0.3 is 10.6 Å². The van der Waals surface area contributed by atoms with Gasteiger partial charge in [-0.15, -0.1) is 0 Å². The van der Waals surface area contributed by atoms with E-state index in [0.29, 0.717) is 18.5 Å². The van der Waals surface area contributed by atoms with Crippen LogP contribution in [0.25, 0.3) is 0 Å². The highest BCUT2D eigenvalue weighted by atomic mass is 16.1. The molecule has 100 valence electrons. The molecule has 0 aromatic heterocycles.